The van der Waals surface area contributed by atoms with Crippen LogP contribution >= 0.6 is 11.3 Å². The summed E-state index contributed by atoms with van der Waals surface area (Å²) in [6.07, 6.45) is 0. The van der Waals surface area contributed by atoms with Gasteiger partial charge in [0.25, 0.3) is 0 Å². The molecule has 1 heterocycles. The van der Waals surface area contributed by atoms with Gasteiger partial charge in [-0.25, -0.2) is 14.2 Å². The summed E-state index contributed by atoms with van der Waals surface area (Å²) >= 11 is 0.993. The number of carbonyl (C=O) groups excluding carboxylic acids is 2. The minimum Gasteiger partial charge on any atom is -0.461 e. The third-order valence-electron chi connectivity index (χ3n) is 2.77. The molecule has 0 atom stereocenters. The molecule has 0 aliphatic rings. The number of ketones is 1. The zero-order valence-corrected chi connectivity index (χ0v) is 12.7. The van der Waals surface area contributed by atoms with E-state index in [0.29, 0.717) is 5.01 Å². The van der Waals surface area contributed by atoms with Crippen molar-refractivity contribution in [3.63, 3.8) is 0 Å². The molecule has 0 fully saturated rings. The SMILES string of the molecule is CCOC(=O)c1nc(-c2ccc(C)cc2F)sc1C(C)=O. The number of aromatic nitrogens is 1. The summed E-state index contributed by atoms with van der Waals surface area (Å²) in [4.78, 5) is 27.7. The minimum absolute atomic E-state index is 0.0516. The van der Waals surface area contributed by atoms with E-state index in [2.05, 4.69) is 4.98 Å². The number of nitrogens with zero attached hydrogens (tertiary/aromatic N) is 1. The number of benzene rings is 1. The number of rotatable bonds is 4. The van der Waals surface area contributed by atoms with Crippen LogP contribution < -0.4 is 0 Å². The lowest BCUT2D eigenvalue weighted by molar-refractivity contribution is 0.0517. The van der Waals surface area contributed by atoms with Crippen LogP contribution in [0.4, 0.5) is 4.39 Å². The zero-order chi connectivity index (χ0) is 15.6. The molecule has 0 aliphatic carbocycles. The summed E-state index contributed by atoms with van der Waals surface area (Å²) in [5.41, 5.74) is 0.998. The van der Waals surface area contributed by atoms with Crippen molar-refractivity contribution >= 4 is 23.1 Å². The normalized spacial score (nSPS) is 10.5. The fourth-order valence-electron chi connectivity index (χ4n) is 1.81. The molecule has 21 heavy (non-hydrogen) atoms. The maximum Gasteiger partial charge on any atom is 0.358 e. The Bertz CT molecular complexity index is 709. The smallest absolute Gasteiger partial charge is 0.358 e. The Morgan fingerprint density at radius 2 is 2.10 bits per heavy atom. The molecule has 4 nitrogen and oxygen atoms in total. The molecule has 2 rings (SSSR count). The lowest BCUT2D eigenvalue weighted by Crippen LogP contribution is -2.09. The summed E-state index contributed by atoms with van der Waals surface area (Å²) in [7, 11) is 0. The molecular weight excluding hydrogens is 293 g/mol. The number of hydrogen-bond donors (Lipinski definition) is 0. The first-order chi connectivity index (χ1) is 9.93. The van der Waals surface area contributed by atoms with Gasteiger partial charge in [-0.15, -0.1) is 11.3 Å². The van der Waals surface area contributed by atoms with Crippen molar-refractivity contribution in [1.82, 2.24) is 4.98 Å². The zero-order valence-electron chi connectivity index (χ0n) is 11.9. The van der Waals surface area contributed by atoms with Crippen molar-refractivity contribution < 1.29 is 18.7 Å². The molecule has 1 aromatic heterocycles. The standard InChI is InChI=1S/C15H14FNO3S/c1-4-20-15(19)12-13(9(3)18)21-14(17-12)10-6-5-8(2)7-11(10)16/h5-7H,4H2,1-3H3. The second-order valence-electron chi connectivity index (χ2n) is 4.46. The first kappa shape index (κ1) is 15.3. The fraction of sp³-hybridized carbons (Fsp3) is 0.267. The van der Waals surface area contributed by atoms with E-state index in [-0.39, 0.29) is 28.5 Å². The monoisotopic (exact) mass is 307 g/mol. The van der Waals surface area contributed by atoms with Crippen LogP contribution in [0.25, 0.3) is 10.6 Å². The Labute approximate surface area is 125 Å². The first-order valence-corrected chi connectivity index (χ1v) is 7.21. The Morgan fingerprint density at radius 3 is 2.67 bits per heavy atom. The molecule has 0 N–H and O–H groups in total. The van der Waals surface area contributed by atoms with Crippen LogP contribution in [0.15, 0.2) is 18.2 Å². The van der Waals surface area contributed by atoms with Gasteiger partial charge < -0.3 is 4.74 Å². The number of esters is 1. The van der Waals surface area contributed by atoms with Crippen molar-refractivity contribution in [3.05, 3.63) is 40.2 Å². The van der Waals surface area contributed by atoms with Crippen LogP contribution in [-0.4, -0.2) is 23.3 Å². The number of carbonyl (C=O) groups is 2. The van der Waals surface area contributed by atoms with Gasteiger partial charge in [0.1, 0.15) is 15.7 Å². The number of thiazole rings is 1. The van der Waals surface area contributed by atoms with Crippen LogP contribution in [0.2, 0.25) is 0 Å². The quantitative estimate of drug-likeness (QED) is 0.639. The number of halogens is 1. The molecule has 110 valence electrons. The molecule has 0 spiro atoms. The fourth-order valence-corrected chi connectivity index (χ4v) is 2.78. The van der Waals surface area contributed by atoms with Crippen LogP contribution in [-0.2, 0) is 4.74 Å². The largest absolute Gasteiger partial charge is 0.461 e. The van der Waals surface area contributed by atoms with E-state index in [1.54, 1.807) is 26.0 Å². The Hall–Kier alpha value is -2.08. The van der Waals surface area contributed by atoms with Gasteiger partial charge in [-0.1, -0.05) is 6.07 Å². The molecule has 1 aromatic carbocycles. The molecule has 2 aromatic rings. The van der Waals surface area contributed by atoms with Gasteiger partial charge in [-0.2, -0.15) is 0 Å². The Balaban J connectivity index is 2.53. The maximum absolute atomic E-state index is 14.0. The van der Waals surface area contributed by atoms with E-state index in [1.165, 1.54) is 13.0 Å². The lowest BCUT2D eigenvalue weighted by atomic mass is 10.1. The van der Waals surface area contributed by atoms with Gasteiger partial charge in [0.2, 0.25) is 0 Å². The van der Waals surface area contributed by atoms with Crippen LogP contribution in [0.3, 0.4) is 0 Å². The molecule has 0 saturated heterocycles. The maximum atomic E-state index is 14.0. The van der Waals surface area contributed by atoms with Gasteiger partial charge >= 0.3 is 5.97 Å². The summed E-state index contributed by atoms with van der Waals surface area (Å²) in [5, 5.41) is 0.292. The summed E-state index contributed by atoms with van der Waals surface area (Å²) in [5.74, 6) is -1.40. The Kier molecular flexibility index (Phi) is 4.47. The lowest BCUT2D eigenvalue weighted by Gasteiger charge is -2.00. The van der Waals surface area contributed by atoms with Crippen molar-refractivity contribution in [1.29, 1.82) is 0 Å². The highest BCUT2D eigenvalue weighted by Gasteiger charge is 2.23. The van der Waals surface area contributed by atoms with E-state index in [1.807, 2.05) is 0 Å². The summed E-state index contributed by atoms with van der Waals surface area (Å²) in [6.45, 7) is 4.96. The molecule has 0 unspecified atom stereocenters. The van der Waals surface area contributed by atoms with Gasteiger partial charge in [-0.3, -0.25) is 4.79 Å². The highest BCUT2D eigenvalue weighted by molar-refractivity contribution is 7.17. The van der Waals surface area contributed by atoms with Gasteiger partial charge in [0, 0.05) is 12.5 Å². The van der Waals surface area contributed by atoms with E-state index >= 15 is 0 Å². The summed E-state index contributed by atoms with van der Waals surface area (Å²) in [6, 6.07) is 4.72. The van der Waals surface area contributed by atoms with Crippen LogP contribution in [0, 0.1) is 12.7 Å². The van der Waals surface area contributed by atoms with Crippen molar-refractivity contribution in [2.24, 2.45) is 0 Å². The molecule has 0 radical (unpaired) electrons. The average Bonchev–Trinajstić information content (AvgIpc) is 2.84. The Morgan fingerprint density at radius 1 is 1.38 bits per heavy atom. The third-order valence-corrected chi connectivity index (χ3v) is 3.96. The van der Waals surface area contributed by atoms with Gasteiger partial charge in [0.15, 0.2) is 11.5 Å². The second-order valence-corrected chi connectivity index (χ2v) is 5.46. The molecule has 0 saturated carbocycles. The van der Waals surface area contributed by atoms with Crippen molar-refractivity contribution in [2.75, 3.05) is 6.61 Å². The van der Waals surface area contributed by atoms with Crippen molar-refractivity contribution in [3.8, 4) is 10.6 Å². The number of aryl methyl sites for hydroxylation is 1. The van der Waals surface area contributed by atoms with E-state index < -0.39 is 11.8 Å². The predicted molar refractivity (Wildman–Crippen MR) is 78.2 cm³/mol. The second kappa shape index (κ2) is 6.13. The average molecular weight is 307 g/mol. The predicted octanol–water partition coefficient (Wildman–Crippen LogP) is 3.64. The van der Waals surface area contributed by atoms with E-state index in [0.717, 1.165) is 16.9 Å². The molecule has 0 amide bonds. The molecule has 0 aliphatic heterocycles. The molecular formula is C15H14FNO3S. The number of hydrogen-bond acceptors (Lipinski definition) is 5. The summed E-state index contributed by atoms with van der Waals surface area (Å²) < 4.78 is 18.9. The number of Topliss-reactive ketones (excluding diaryl/α,β-unsaturated/α-hetero) is 1. The topological polar surface area (TPSA) is 56.3 Å². The highest BCUT2D eigenvalue weighted by atomic mass is 32.1. The van der Waals surface area contributed by atoms with Crippen LogP contribution in [0.5, 0.6) is 0 Å². The van der Waals surface area contributed by atoms with E-state index in [4.69, 9.17) is 4.74 Å². The minimum atomic E-state index is -0.669. The molecule has 6 heteroatoms. The van der Waals surface area contributed by atoms with Gasteiger partial charge in [-0.05, 0) is 31.5 Å². The highest BCUT2D eigenvalue weighted by Crippen LogP contribution is 2.31. The number of ether oxygens (including phenoxy) is 1. The third kappa shape index (κ3) is 3.16. The van der Waals surface area contributed by atoms with Crippen molar-refractivity contribution in [2.45, 2.75) is 20.8 Å². The van der Waals surface area contributed by atoms with Gasteiger partial charge in [0.05, 0.1) is 6.61 Å². The van der Waals surface area contributed by atoms with Crippen LogP contribution in [0.1, 0.15) is 39.6 Å². The first-order valence-electron chi connectivity index (χ1n) is 6.39. The van der Waals surface area contributed by atoms with E-state index in [9.17, 15) is 14.0 Å². The molecule has 0 bridgehead atoms.